The Morgan fingerprint density at radius 3 is 1.35 bits per heavy atom. The average Bonchev–Trinajstić information content (AvgIpc) is 3.79. The van der Waals surface area contributed by atoms with Crippen molar-refractivity contribution in [3.05, 3.63) is 143 Å². The second kappa shape index (κ2) is 15.8. The van der Waals surface area contributed by atoms with Crippen LogP contribution in [-0.4, -0.2) is 53.8 Å². The van der Waals surface area contributed by atoms with Crippen LogP contribution in [0, 0.1) is 13.8 Å². The Morgan fingerprint density at radius 2 is 1.02 bits per heavy atom. The van der Waals surface area contributed by atoms with E-state index in [0.29, 0.717) is 28.1 Å². The number of nitrogens with one attached hydrogen (secondary N) is 1. The van der Waals surface area contributed by atoms with Gasteiger partial charge in [-0.25, -0.2) is 14.8 Å². The predicted molar refractivity (Wildman–Crippen MR) is 188 cm³/mol. The zero-order valence-electron chi connectivity index (χ0n) is 28.9. The maximum absolute atomic E-state index is 13.2. The third-order valence-electron chi connectivity index (χ3n) is 7.97. The van der Waals surface area contributed by atoms with E-state index in [1.165, 1.54) is 45.5 Å². The second-order valence-corrected chi connectivity index (χ2v) is 12.3. The standard InChI is InChI=1S/C21H20F3N3O2.C18H13F3N2O2/c1-13-3-5-15(6-4-13)19-26-18(21(22,23)24)12-27(19)17-9-7-16(8-10-17)20(29)25-11-14(2)28;1-11-2-4-12(5-3-11)16-22-15(18(19,20)21)10-23(16)14-8-6-13(7-9-14)17(24)25/h3-10,12,14,28H,11H2,1-2H3,(H,25,29);2-10H,1H3,(H,24,25). The minimum Gasteiger partial charge on any atom is -0.478 e. The number of imidazole rings is 2. The fourth-order valence-corrected chi connectivity index (χ4v) is 5.12. The number of nitrogens with zero attached hydrogens (tertiary/aromatic N) is 4. The van der Waals surface area contributed by atoms with Gasteiger partial charge in [0, 0.05) is 47.0 Å². The molecule has 280 valence electrons. The van der Waals surface area contributed by atoms with E-state index in [0.717, 1.165) is 23.5 Å². The molecule has 2 aromatic heterocycles. The summed E-state index contributed by atoms with van der Waals surface area (Å²) in [7, 11) is 0. The highest BCUT2D eigenvalue weighted by atomic mass is 19.4. The molecule has 9 nitrogen and oxygen atoms in total. The maximum Gasteiger partial charge on any atom is 0.434 e. The first kappa shape index (κ1) is 39.0. The summed E-state index contributed by atoms with van der Waals surface area (Å²) < 4.78 is 81.7. The van der Waals surface area contributed by atoms with Crippen LogP contribution in [0.5, 0.6) is 0 Å². The molecule has 0 aliphatic heterocycles. The van der Waals surface area contributed by atoms with E-state index >= 15 is 0 Å². The fraction of sp³-hybridized carbons (Fsp3) is 0.179. The Labute approximate surface area is 305 Å². The number of carbonyl (C=O) groups is 2. The highest BCUT2D eigenvalue weighted by Gasteiger charge is 2.36. The van der Waals surface area contributed by atoms with Crippen LogP contribution in [0.2, 0.25) is 0 Å². The van der Waals surface area contributed by atoms with Crippen molar-refractivity contribution in [2.24, 2.45) is 0 Å². The first-order valence-electron chi connectivity index (χ1n) is 16.3. The first-order chi connectivity index (χ1) is 25.4. The number of halogens is 6. The number of aliphatic hydroxyl groups is 1. The summed E-state index contributed by atoms with van der Waals surface area (Å²) in [6.07, 6.45) is -7.98. The average molecular weight is 750 g/mol. The van der Waals surface area contributed by atoms with Gasteiger partial charge in [-0.1, -0.05) is 59.7 Å². The van der Waals surface area contributed by atoms with E-state index < -0.39 is 35.8 Å². The number of hydrogen-bond donors (Lipinski definition) is 3. The Morgan fingerprint density at radius 1 is 0.648 bits per heavy atom. The first-order valence-corrected chi connectivity index (χ1v) is 16.3. The third-order valence-corrected chi connectivity index (χ3v) is 7.97. The van der Waals surface area contributed by atoms with Crippen molar-refractivity contribution < 1.29 is 46.1 Å². The van der Waals surface area contributed by atoms with Gasteiger partial charge in [0.1, 0.15) is 11.6 Å². The van der Waals surface area contributed by atoms with Gasteiger partial charge >= 0.3 is 18.3 Å². The van der Waals surface area contributed by atoms with Crippen molar-refractivity contribution >= 4 is 11.9 Å². The molecular weight excluding hydrogens is 716 g/mol. The SMILES string of the molecule is Cc1ccc(-c2nc(C(F)(F)F)cn2-c2ccc(C(=O)NCC(C)O)cc2)cc1.Cc1ccc(-c2nc(C(F)(F)F)cn2-c2ccc(C(=O)O)cc2)cc1. The molecule has 3 N–H and O–H groups in total. The molecule has 0 saturated heterocycles. The van der Waals surface area contributed by atoms with Gasteiger partial charge in [0.05, 0.1) is 11.7 Å². The van der Waals surface area contributed by atoms with Crippen LogP contribution >= 0.6 is 0 Å². The van der Waals surface area contributed by atoms with E-state index in [4.69, 9.17) is 5.11 Å². The lowest BCUT2D eigenvalue weighted by molar-refractivity contribution is -0.141. The minimum absolute atomic E-state index is 0.0526. The molecule has 6 rings (SSSR count). The van der Waals surface area contributed by atoms with Crippen LogP contribution in [0.1, 0.15) is 50.2 Å². The molecule has 1 amide bonds. The maximum atomic E-state index is 13.2. The van der Waals surface area contributed by atoms with Gasteiger partial charge < -0.3 is 15.5 Å². The topological polar surface area (TPSA) is 122 Å². The highest BCUT2D eigenvalue weighted by molar-refractivity contribution is 5.94. The highest BCUT2D eigenvalue weighted by Crippen LogP contribution is 2.34. The molecule has 0 aliphatic carbocycles. The van der Waals surface area contributed by atoms with Crippen LogP contribution in [0.3, 0.4) is 0 Å². The number of aromatic nitrogens is 4. The molecule has 0 saturated carbocycles. The monoisotopic (exact) mass is 749 g/mol. The fourth-order valence-electron chi connectivity index (χ4n) is 5.12. The van der Waals surface area contributed by atoms with Crippen molar-refractivity contribution in [1.29, 1.82) is 0 Å². The summed E-state index contributed by atoms with van der Waals surface area (Å²) in [5.74, 6) is -1.19. The number of alkyl halides is 6. The molecule has 0 fully saturated rings. The van der Waals surface area contributed by atoms with Crippen molar-refractivity contribution in [2.75, 3.05) is 6.54 Å². The number of carboxylic acids is 1. The van der Waals surface area contributed by atoms with Crippen LogP contribution in [0.15, 0.2) is 109 Å². The van der Waals surface area contributed by atoms with Crippen molar-refractivity contribution in [2.45, 2.75) is 39.2 Å². The van der Waals surface area contributed by atoms with Crippen LogP contribution in [0.25, 0.3) is 34.2 Å². The van der Waals surface area contributed by atoms with Gasteiger partial charge in [-0.05, 0) is 69.3 Å². The van der Waals surface area contributed by atoms with E-state index in [9.17, 15) is 41.0 Å². The molecule has 1 unspecified atom stereocenters. The number of amides is 1. The van der Waals surface area contributed by atoms with E-state index in [-0.39, 0.29) is 29.7 Å². The minimum atomic E-state index is -4.58. The number of aromatic carboxylic acids is 1. The molecule has 2 heterocycles. The van der Waals surface area contributed by atoms with Gasteiger partial charge in [-0.3, -0.25) is 13.9 Å². The molecule has 0 aliphatic rings. The molecule has 1 atom stereocenters. The summed E-state index contributed by atoms with van der Waals surface area (Å²) in [5, 5.41) is 20.8. The molecule has 0 bridgehead atoms. The molecule has 0 radical (unpaired) electrons. The van der Waals surface area contributed by atoms with Crippen LogP contribution in [0.4, 0.5) is 26.3 Å². The summed E-state index contributed by atoms with van der Waals surface area (Å²) in [5.41, 5.74) is 2.25. The van der Waals surface area contributed by atoms with Gasteiger partial charge in [0.25, 0.3) is 5.91 Å². The number of aryl methyl sites for hydroxylation is 2. The van der Waals surface area contributed by atoms with Crippen molar-refractivity contribution in [1.82, 2.24) is 24.4 Å². The summed E-state index contributed by atoms with van der Waals surface area (Å²) in [6.45, 7) is 5.42. The predicted octanol–water partition coefficient (Wildman–Crippen LogP) is 8.54. The Balaban J connectivity index is 0.000000210. The zero-order valence-corrected chi connectivity index (χ0v) is 28.9. The normalized spacial score (nSPS) is 12.1. The summed E-state index contributed by atoms with van der Waals surface area (Å²) in [6, 6.07) is 25.7. The molecule has 6 aromatic rings. The van der Waals surface area contributed by atoms with E-state index in [1.807, 2.05) is 13.8 Å². The Bertz CT molecular complexity index is 2220. The smallest absolute Gasteiger partial charge is 0.434 e. The lowest BCUT2D eigenvalue weighted by Gasteiger charge is -2.10. The third kappa shape index (κ3) is 9.41. The van der Waals surface area contributed by atoms with Crippen LogP contribution < -0.4 is 5.32 Å². The van der Waals surface area contributed by atoms with Gasteiger partial charge in [-0.15, -0.1) is 0 Å². The largest absolute Gasteiger partial charge is 0.478 e. The van der Waals surface area contributed by atoms with E-state index in [1.54, 1.807) is 67.6 Å². The lowest BCUT2D eigenvalue weighted by Crippen LogP contribution is -2.30. The van der Waals surface area contributed by atoms with Gasteiger partial charge in [-0.2, -0.15) is 26.3 Å². The number of benzene rings is 4. The summed E-state index contributed by atoms with van der Waals surface area (Å²) >= 11 is 0. The number of rotatable bonds is 8. The zero-order chi connectivity index (χ0) is 39.4. The van der Waals surface area contributed by atoms with Gasteiger partial charge in [0.2, 0.25) is 0 Å². The molecular formula is C39H33F6N5O4. The Hall–Kier alpha value is -6.22. The number of aliphatic hydroxyl groups excluding tert-OH is 1. The number of carbonyl (C=O) groups excluding carboxylic acids is 1. The van der Waals surface area contributed by atoms with Crippen molar-refractivity contribution in [3.63, 3.8) is 0 Å². The molecule has 15 heteroatoms. The molecule has 0 spiro atoms. The number of carboxylic acid groups (broad SMARTS) is 1. The summed E-state index contributed by atoms with van der Waals surface area (Å²) in [4.78, 5) is 30.5. The molecule has 54 heavy (non-hydrogen) atoms. The van der Waals surface area contributed by atoms with Gasteiger partial charge in [0.15, 0.2) is 11.4 Å². The van der Waals surface area contributed by atoms with Crippen LogP contribution in [-0.2, 0) is 12.4 Å². The lowest BCUT2D eigenvalue weighted by atomic mass is 10.1. The quantitative estimate of drug-likeness (QED) is 0.134. The second-order valence-electron chi connectivity index (χ2n) is 12.3. The van der Waals surface area contributed by atoms with Crippen molar-refractivity contribution in [3.8, 4) is 34.2 Å². The number of hydrogen-bond acceptors (Lipinski definition) is 5. The Kier molecular flexibility index (Phi) is 11.4. The van der Waals surface area contributed by atoms with E-state index in [2.05, 4.69) is 15.3 Å². The molecule has 4 aromatic carbocycles.